The van der Waals surface area contributed by atoms with Crippen molar-refractivity contribution in [2.24, 2.45) is 5.73 Å². The van der Waals surface area contributed by atoms with Crippen molar-refractivity contribution in [3.8, 4) is 0 Å². The van der Waals surface area contributed by atoms with Gasteiger partial charge in [-0.25, -0.2) is 4.39 Å². The van der Waals surface area contributed by atoms with Crippen molar-refractivity contribution in [1.29, 1.82) is 0 Å². The lowest BCUT2D eigenvalue weighted by Crippen LogP contribution is -2.29. The van der Waals surface area contributed by atoms with Gasteiger partial charge in [0.1, 0.15) is 5.82 Å². The van der Waals surface area contributed by atoms with Crippen LogP contribution in [0.2, 0.25) is 5.02 Å². The Hall–Kier alpha value is -0.900. The minimum Gasteiger partial charge on any atom is -0.329 e. The first-order valence-electron chi connectivity index (χ1n) is 5.07. The van der Waals surface area contributed by atoms with Crippen LogP contribution in [-0.2, 0) is 0 Å². The lowest BCUT2D eigenvalue weighted by Gasteiger charge is -2.17. The molecule has 1 atom stereocenters. The van der Waals surface area contributed by atoms with Crippen LogP contribution in [0.3, 0.4) is 0 Å². The standard InChI is InChI=1S/C12H16ClFN2/c1-8(2)7-16-12(6-15)9-3-4-11(14)10(13)5-9/h3-5,12,16H,1,6-7,15H2,2H3. The smallest absolute Gasteiger partial charge is 0.141 e. The van der Waals surface area contributed by atoms with E-state index in [2.05, 4.69) is 11.9 Å². The number of rotatable bonds is 5. The third-order valence-corrected chi connectivity index (χ3v) is 2.52. The normalized spacial score (nSPS) is 12.5. The molecule has 0 radical (unpaired) electrons. The fourth-order valence-electron chi connectivity index (χ4n) is 1.36. The van der Waals surface area contributed by atoms with Crippen molar-refractivity contribution in [2.45, 2.75) is 13.0 Å². The SMILES string of the molecule is C=C(C)CNC(CN)c1ccc(F)c(Cl)c1. The predicted molar refractivity (Wildman–Crippen MR) is 66.0 cm³/mol. The van der Waals surface area contributed by atoms with Gasteiger partial charge in [-0.2, -0.15) is 0 Å². The zero-order chi connectivity index (χ0) is 12.1. The Balaban J connectivity index is 2.78. The van der Waals surface area contributed by atoms with Gasteiger partial charge in [-0.05, 0) is 24.6 Å². The zero-order valence-corrected chi connectivity index (χ0v) is 10.0. The quantitative estimate of drug-likeness (QED) is 0.779. The molecule has 0 aliphatic rings. The third-order valence-electron chi connectivity index (χ3n) is 2.23. The minimum atomic E-state index is -0.416. The van der Waals surface area contributed by atoms with Gasteiger partial charge in [-0.1, -0.05) is 29.8 Å². The summed E-state index contributed by atoms with van der Waals surface area (Å²) in [5.41, 5.74) is 7.55. The van der Waals surface area contributed by atoms with E-state index in [0.29, 0.717) is 13.1 Å². The zero-order valence-electron chi connectivity index (χ0n) is 9.26. The summed E-state index contributed by atoms with van der Waals surface area (Å²) in [6.45, 7) is 6.83. The number of nitrogens with two attached hydrogens (primary N) is 1. The molecule has 1 aromatic rings. The average molecular weight is 243 g/mol. The Morgan fingerprint density at radius 3 is 2.81 bits per heavy atom. The Morgan fingerprint density at radius 2 is 2.31 bits per heavy atom. The number of hydrogen-bond donors (Lipinski definition) is 2. The van der Waals surface area contributed by atoms with Crippen molar-refractivity contribution in [3.05, 3.63) is 46.8 Å². The second-order valence-corrected chi connectivity index (χ2v) is 4.21. The molecule has 0 aromatic heterocycles. The summed E-state index contributed by atoms with van der Waals surface area (Å²) in [6.07, 6.45) is 0. The molecule has 0 heterocycles. The van der Waals surface area contributed by atoms with Gasteiger partial charge in [0.25, 0.3) is 0 Å². The maximum atomic E-state index is 13.0. The molecule has 0 amide bonds. The Labute approximate surface area is 100 Å². The Bertz CT molecular complexity index is 379. The van der Waals surface area contributed by atoms with Gasteiger partial charge in [-0.3, -0.25) is 0 Å². The monoisotopic (exact) mass is 242 g/mol. The van der Waals surface area contributed by atoms with Crippen molar-refractivity contribution >= 4 is 11.6 Å². The first kappa shape index (κ1) is 13.2. The molecule has 0 fully saturated rings. The van der Waals surface area contributed by atoms with Crippen molar-refractivity contribution in [1.82, 2.24) is 5.32 Å². The highest BCUT2D eigenvalue weighted by Gasteiger charge is 2.10. The predicted octanol–water partition coefficient (Wildman–Crippen LogP) is 2.64. The maximum absolute atomic E-state index is 13.0. The molecule has 1 aromatic carbocycles. The van der Waals surface area contributed by atoms with E-state index in [0.717, 1.165) is 11.1 Å². The molecule has 0 bridgehead atoms. The highest BCUT2D eigenvalue weighted by Crippen LogP contribution is 2.20. The number of benzene rings is 1. The largest absolute Gasteiger partial charge is 0.329 e. The molecule has 4 heteroatoms. The molecule has 0 aliphatic heterocycles. The van der Waals surface area contributed by atoms with Gasteiger partial charge < -0.3 is 11.1 Å². The van der Waals surface area contributed by atoms with Crippen LogP contribution in [0.1, 0.15) is 18.5 Å². The number of hydrogen-bond acceptors (Lipinski definition) is 2. The van der Waals surface area contributed by atoms with E-state index < -0.39 is 5.82 Å². The van der Waals surface area contributed by atoms with Gasteiger partial charge in [0.2, 0.25) is 0 Å². The van der Waals surface area contributed by atoms with Crippen LogP contribution in [0, 0.1) is 5.82 Å². The molecule has 0 saturated heterocycles. The minimum absolute atomic E-state index is 0.0326. The van der Waals surface area contributed by atoms with E-state index in [-0.39, 0.29) is 11.1 Å². The van der Waals surface area contributed by atoms with E-state index in [1.54, 1.807) is 12.1 Å². The van der Waals surface area contributed by atoms with Crippen LogP contribution in [0.15, 0.2) is 30.4 Å². The summed E-state index contributed by atoms with van der Waals surface area (Å²) in [5, 5.41) is 3.34. The second-order valence-electron chi connectivity index (χ2n) is 3.80. The first-order valence-corrected chi connectivity index (χ1v) is 5.45. The van der Waals surface area contributed by atoms with Gasteiger partial charge in [-0.15, -0.1) is 0 Å². The van der Waals surface area contributed by atoms with Crippen molar-refractivity contribution in [3.63, 3.8) is 0 Å². The molecular weight excluding hydrogens is 227 g/mol. The fourth-order valence-corrected chi connectivity index (χ4v) is 1.55. The molecule has 2 nitrogen and oxygen atoms in total. The van der Waals surface area contributed by atoms with E-state index in [9.17, 15) is 4.39 Å². The van der Waals surface area contributed by atoms with Crippen LogP contribution in [0.25, 0.3) is 0 Å². The molecule has 0 spiro atoms. The molecule has 0 saturated carbocycles. The first-order chi connectivity index (χ1) is 7.54. The topological polar surface area (TPSA) is 38.0 Å². The number of nitrogens with one attached hydrogen (secondary N) is 1. The summed E-state index contributed by atoms with van der Waals surface area (Å²) in [7, 11) is 0. The summed E-state index contributed by atoms with van der Waals surface area (Å²) in [5.74, 6) is -0.416. The summed E-state index contributed by atoms with van der Waals surface area (Å²) in [6, 6.07) is 4.60. The molecule has 3 N–H and O–H groups in total. The average Bonchev–Trinajstić information content (AvgIpc) is 2.23. The molecule has 1 rings (SSSR count). The lowest BCUT2D eigenvalue weighted by atomic mass is 10.1. The van der Waals surface area contributed by atoms with E-state index in [4.69, 9.17) is 17.3 Å². The van der Waals surface area contributed by atoms with Crippen LogP contribution < -0.4 is 11.1 Å². The van der Waals surface area contributed by atoms with Gasteiger partial charge in [0.15, 0.2) is 0 Å². The second kappa shape index (κ2) is 5.99. The molecule has 16 heavy (non-hydrogen) atoms. The summed E-state index contributed by atoms with van der Waals surface area (Å²) < 4.78 is 13.0. The maximum Gasteiger partial charge on any atom is 0.141 e. The van der Waals surface area contributed by atoms with Crippen molar-refractivity contribution in [2.75, 3.05) is 13.1 Å². The van der Waals surface area contributed by atoms with E-state index in [1.165, 1.54) is 6.07 Å². The van der Waals surface area contributed by atoms with E-state index >= 15 is 0 Å². The summed E-state index contributed by atoms with van der Waals surface area (Å²) >= 11 is 5.72. The molecular formula is C12H16ClFN2. The van der Waals surface area contributed by atoms with Crippen molar-refractivity contribution < 1.29 is 4.39 Å². The van der Waals surface area contributed by atoms with Crippen LogP contribution in [0.4, 0.5) is 4.39 Å². The van der Waals surface area contributed by atoms with Crippen LogP contribution in [-0.4, -0.2) is 13.1 Å². The lowest BCUT2D eigenvalue weighted by molar-refractivity contribution is 0.566. The van der Waals surface area contributed by atoms with Gasteiger partial charge >= 0.3 is 0 Å². The summed E-state index contributed by atoms with van der Waals surface area (Å²) in [4.78, 5) is 0. The highest BCUT2D eigenvalue weighted by atomic mass is 35.5. The molecule has 88 valence electrons. The molecule has 0 aliphatic carbocycles. The van der Waals surface area contributed by atoms with Crippen LogP contribution in [0.5, 0.6) is 0 Å². The Kier molecular flexibility index (Phi) is 4.93. The van der Waals surface area contributed by atoms with E-state index in [1.807, 2.05) is 6.92 Å². The third kappa shape index (κ3) is 3.59. The van der Waals surface area contributed by atoms with Gasteiger partial charge in [0, 0.05) is 19.1 Å². The molecule has 1 unspecified atom stereocenters. The number of halogens is 2. The van der Waals surface area contributed by atoms with Crippen LogP contribution >= 0.6 is 11.6 Å². The Morgan fingerprint density at radius 1 is 1.62 bits per heavy atom. The fraction of sp³-hybridized carbons (Fsp3) is 0.333. The highest BCUT2D eigenvalue weighted by molar-refractivity contribution is 6.30. The van der Waals surface area contributed by atoms with Gasteiger partial charge in [0.05, 0.1) is 5.02 Å².